The lowest BCUT2D eigenvalue weighted by Gasteiger charge is -2.29. The number of amides is 2. The summed E-state index contributed by atoms with van der Waals surface area (Å²) < 4.78 is 29.8. The van der Waals surface area contributed by atoms with Gasteiger partial charge in [0.15, 0.2) is 9.84 Å². The Bertz CT molecular complexity index is 1270. The minimum absolute atomic E-state index is 0.0190. The van der Waals surface area contributed by atoms with Crippen molar-refractivity contribution in [2.75, 3.05) is 25.2 Å². The van der Waals surface area contributed by atoms with Crippen molar-refractivity contribution < 1.29 is 22.7 Å². The standard InChI is InChI=1S/C24H26N2O5S4/c1-16-8-11-33-21(16)14-26(18-9-12-35(29,30)15-18)22(27)7-10-25-23(28)20(34-24(25)32)13-17-3-5-19(31-2)6-4-17/h3-6,8,11,13,18H,7,9-10,12,14-15H2,1-2H3/b20-13-. The van der Waals surface area contributed by atoms with E-state index in [-0.39, 0.29) is 42.3 Å². The lowest BCUT2D eigenvalue weighted by molar-refractivity contribution is -0.134. The zero-order chi connectivity index (χ0) is 25.2. The molecule has 1 aromatic carbocycles. The number of nitrogens with zero attached hydrogens (tertiary/aromatic N) is 2. The Balaban J connectivity index is 1.44. The van der Waals surface area contributed by atoms with Crippen LogP contribution in [0.4, 0.5) is 0 Å². The highest BCUT2D eigenvalue weighted by atomic mass is 32.2. The molecule has 1 aromatic heterocycles. The van der Waals surface area contributed by atoms with E-state index in [1.807, 2.05) is 42.6 Å². The summed E-state index contributed by atoms with van der Waals surface area (Å²) in [6, 6.07) is 8.99. The number of carbonyl (C=O) groups is 2. The summed E-state index contributed by atoms with van der Waals surface area (Å²) in [6.07, 6.45) is 2.28. The van der Waals surface area contributed by atoms with Crippen molar-refractivity contribution in [2.24, 2.45) is 0 Å². The van der Waals surface area contributed by atoms with Gasteiger partial charge in [0.1, 0.15) is 10.1 Å². The first-order chi connectivity index (χ1) is 16.7. The highest BCUT2D eigenvalue weighted by molar-refractivity contribution is 8.26. The molecule has 4 rings (SSSR count). The van der Waals surface area contributed by atoms with Crippen LogP contribution < -0.4 is 4.74 Å². The number of hydrogen-bond acceptors (Lipinski definition) is 8. The molecule has 0 N–H and O–H groups in total. The Morgan fingerprint density at radius 3 is 2.63 bits per heavy atom. The van der Waals surface area contributed by atoms with E-state index >= 15 is 0 Å². The molecule has 2 amide bonds. The second-order valence-electron chi connectivity index (χ2n) is 8.46. The predicted octanol–water partition coefficient (Wildman–Crippen LogP) is 3.87. The highest BCUT2D eigenvalue weighted by Crippen LogP contribution is 2.33. The summed E-state index contributed by atoms with van der Waals surface area (Å²) >= 11 is 8.19. The summed E-state index contributed by atoms with van der Waals surface area (Å²) in [4.78, 5) is 31.0. The Morgan fingerprint density at radius 1 is 1.29 bits per heavy atom. The number of benzene rings is 1. The Labute approximate surface area is 219 Å². The minimum atomic E-state index is -3.15. The van der Waals surface area contributed by atoms with E-state index in [1.165, 1.54) is 16.7 Å². The van der Waals surface area contributed by atoms with Crippen LogP contribution in [0.3, 0.4) is 0 Å². The Hall–Kier alpha value is -2.21. The molecule has 0 spiro atoms. The van der Waals surface area contributed by atoms with E-state index in [4.69, 9.17) is 17.0 Å². The van der Waals surface area contributed by atoms with E-state index in [0.717, 1.165) is 21.8 Å². The molecule has 11 heteroatoms. The first-order valence-electron chi connectivity index (χ1n) is 11.1. The second-order valence-corrected chi connectivity index (χ2v) is 13.4. The maximum atomic E-state index is 13.3. The molecule has 1 unspecified atom stereocenters. The molecular weight excluding hydrogens is 525 g/mol. The van der Waals surface area contributed by atoms with E-state index in [1.54, 1.807) is 29.4 Å². The van der Waals surface area contributed by atoms with Crippen LogP contribution in [-0.4, -0.2) is 65.6 Å². The van der Waals surface area contributed by atoms with Gasteiger partial charge < -0.3 is 9.64 Å². The molecule has 35 heavy (non-hydrogen) atoms. The van der Waals surface area contributed by atoms with Gasteiger partial charge in [0.05, 0.1) is 30.1 Å². The van der Waals surface area contributed by atoms with Gasteiger partial charge in [0.2, 0.25) is 5.91 Å². The zero-order valence-corrected chi connectivity index (χ0v) is 22.7. The van der Waals surface area contributed by atoms with Crippen molar-refractivity contribution in [2.45, 2.75) is 32.4 Å². The predicted molar refractivity (Wildman–Crippen MR) is 144 cm³/mol. The first kappa shape index (κ1) is 25.9. The average molecular weight is 551 g/mol. The lowest BCUT2D eigenvalue weighted by atomic mass is 10.1. The van der Waals surface area contributed by atoms with Gasteiger partial charge in [-0.05, 0) is 54.1 Å². The number of carbonyl (C=O) groups excluding carboxylic acids is 2. The van der Waals surface area contributed by atoms with Crippen LogP contribution in [0.15, 0.2) is 40.6 Å². The number of rotatable bonds is 8. The van der Waals surface area contributed by atoms with Gasteiger partial charge >= 0.3 is 0 Å². The third kappa shape index (κ3) is 6.14. The normalized spacial score (nSPS) is 20.6. The molecular formula is C24H26N2O5S4. The third-order valence-corrected chi connectivity index (χ3v) is 10.2. The summed E-state index contributed by atoms with van der Waals surface area (Å²) in [5, 5.41) is 1.97. The van der Waals surface area contributed by atoms with Gasteiger partial charge in [-0.1, -0.05) is 36.1 Å². The van der Waals surface area contributed by atoms with Crippen molar-refractivity contribution >= 4 is 67.4 Å². The molecule has 186 valence electrons. The van der Waals surface area contributed by atoms with Crippen LogP contribution in [0.5, 0.6) is 5.75 Å². The molecule has 2 fully saturated rings. The van der Waals surface area contributed by atoms with Crippen LogP contribution in [-0.2, 0) is 26.0 Å². The van der Waals surface area contributed by atoms with E-state index < -0.39 is 9.84 Å². The number of methoxy groups -OCH3 is 1. The van der Waals surface area contributed by atoms with Crippen molar-refractivity contribution in [3.63, 3.8) is 0 Å². The fourth-order valence-electron chi connectivity index (χ4n) is 4.06. The van der Waals surface area contributed by atoms with Gasteiger partial charge in [0, 0.05) is 23.9 Å². The van der Waals surface area contributed by atoms with Crippen LogP contribution in [0.1, 0.15) is 28.8 Å². The summed E-state index contributed by atoms with van der Waals surface area (Å²) in [7, 11) is -1.55. The Morgan fingerprint density at radius 2 is 2.03 bits per heavy atom. The molecule has 1 atom stereocenters. The summed E-state index contributed by atoms with van der Waals surface area (Å²) in [6.45, 7) is 2.51. The maximum Gasteiger partial charge on any atom is 0.266 e. The molecule has 7 nitrogen and oxygen atoms in total. The van der Waals surface area contributed by atoms with E-state index in [0.29, 0.717) is 22.2 Å². The fraction of sp³-hybridized carbons (Fsp3) is 0.375. The first-order valence-corrected chi connectivity index (χ1v) is 15.0. The minimum Gasteiger partial charge on any atom is -0.497 e. The SMILES string of the molecule is COc1ccc(/C=C2\SC(=S)N(CCC(=O)N(Cc3sccc3C)C3CCS(=O)(=O)C3)C2=O)cc1. The quantitative estimate of drug-likeness (QED) is 0.364. The van der Waals surface area contributed by atoms with Crippen molar-refractivity contribution in [3.05, 3.63) is 56.6 Å². The maximum absolute atomic E-state index is 13.3. The number of thiophene rings is 1. The second kappa shape index (κ2) is 10.8. The van der Waals surface area contributed by atoms with Crippen molar-refractivity contribution in [1.82, 2.24) is 9.80 Å². The van der Waals surface area contributed by atoms with Crippen LogP contribution in [0.2, 0.25) is 0 Å². The molecule has 2 aromatic rings. The largest absolute Gasteiger partial charge is 0.497 e. The summed E-state index contributed by atoms with van der Waals surface area (Å²) in [5.74, 6) is 0.399. The number of aryl methyl sites for hydroxylation is 1. The van der Waals surface area contributed by atoms with Gasteiger partial charge in [-0.15, -0.1) is 11.3 Å². The molecule has 0 aliphatic carbocycles. The highest BCUT2D eigenvalue weighted by Gasteiger charge is 2.36. The van der Waals surface area contributed by atoms with Crippen LogP contribution in [0, 0.1) is 6.92 Å². The van der Waals surface area contributed by atoms with Gasteiger partial charge in [0.25, 0.3) is 5.91 Å². The van der Waals surface area contributed by atoms with Gasteiger partial charge in [-0.2, -0.15) is 0 Å². The third-order valence-electron chi connectivity index (χ3n) is 6.09. The smallest absolute Gasteiger partial charge is 0.266 e. The molecule has 0 bridgehead atoms. The topological polar surface area (TPSA) is 84.0 Å². The van der Waals surface area contributed by atoms with Gasteiger partial charge in [-0.25, -0.2) is 8.42 Å². The van der Waals surface area contributed by atoms with Gasteiger partial charge in [-0.3, -0.25) is 14.5 Å². The fourth-order valence-corrected chi connectivity index (χ4v) is 8.00. The number of sulfone groups is 1. The lowest BCUT2D eigenvalue weighted by Crippen LogP contribution is -2.42. The number of thioether (sulfide) groups is 1. The summed E-state index contributed by atoms with van der Waals surface area (Å²) in [5.41, 5.74) is 1.93. The van der Waals surface area contributed by atoms with Crippen LogP contribution in [0.25, 0.3) is 6.08 Å². The Kier molecular flexibility index (Phi) is 7.99. The number of ether oxygens (including phenoxy) is 1. The van der Waals surface area contributed by atoms with E-state index in [2.05, 4.69) is 0 Å². The molecule has 2 saturated heterocycles. The van der Waals surface area contributed by atoms with E-state index in [9.17, 15) is 18.0 Å². The molecule has 2 aliphatic rings. The number of hydrogen-bond donors (Lipinski definition) is 0. The molecule has 3 heterocycles. The van der Waals surface area contributed by atoms with Crippen molar-refractivity contribution in [1.29, 1.82) is 0 Å². The molecule has 0 radical (unpaired) electrons. The van der Waals surface area contributed by atoms with Crippen molar-refractivity contribution in [3.8, 4) is 5.75 Å². The molecule has 0 saturated carbocycles. The monoisotopic (exact) mass is 550 g/mol. The average Bonchev–Trinajstić information content (AvgIpc) is 3.48. The molecule has 2 aliphatic heterocycles. The zero-order valence-electron chi connectivity index (χ0n) is 19.4. The number of thiocarbonyl (C=S) groups is 1. The van der Waals surface area contributed by atoms with Crippen LogP contribution >= 0.6 is 35.3 Å².